The number of aliphatic hydroxyl groups excluding tert-OH is 1. The Bertz CT molecular complexity index is 1570. The minimum atomic E-state index is -4.79. The van der Waals surface area contributed by atoms with Crippen molar-refractivity contribution in [1.82, 2.24) is 5.32 Å². The van der Waals surface area contributed by atoms with E-state index in [1.54, 1.807) is 0 Å². The second kappa shape index (κ2) is 47.4. The van der Waals surface area contributed by atoms with Gasteiger partial charge in [0, 0.05) is 12.8 Å². The monoisotopic (exact) mass is 940 g/mol. The molecule has 372 valence electrons. The van der Waals surface area contributed by atoms with Gasteiger partial charge in [0.1, 0.15) is 12.7 Å². The van der Waals surface area contributed by atoms with Crippen molar-refractivity contribution in [2.45, 2.75) is 180 Å². The van der Waals surface area contributed by atoms with Crippen molar-refractivity contribution in [3.05, 3.63) is 122 Å². The molecule has 11 nitrogen and oxygen atoms in total. The zero-order valence-corrected chi connectivity index (χ0v) is 41.3. The Kier molecular flexibility index (Phi) is 44.4. The summed E-state index contributed by atoms with van der Waals surface area (Å²) in [6, 6.07) is -1.58. The molecular weight excluding hydrogens is 854 g/mol. The molecule has 0 aromatic rings. The van der Waals surface area contributed by atoms with E-state index in [1.165, 1.54) is 25.7 Å². The molecule has 0 fully saturated rings. The number of allylic oxidation sites excluding steroid dienone is 20. The second-order valence-corrected chi connectivity index (χ2v) is 17.4. The van der Waals surface area contributed by atoms with E-state index in [9.17, 15) is 34.1 Å². The molecule has 12 heteroatoms. The van der Waals surface area contributed by atoms with Crippen LogP contribution >= 0.6 is 7.82 Å². The maximum Gasteiger partial charge on any atom is 0.472 e. The first kappa shape index (κ1) is 61.9. The van der Waals surface area contributed by atoms with Crippen LogP contribution < -0.4 is 5.32 Å². The number of phosphoric ester groups is 1. The van der Waals surface area contributed by atoms with E-state index in [0.717, 1.165) is 103 Å². The summed E-state index contributed by atoms with van der Waals surface area (Å²) in [5.74, 6) is -2.47. The minimum absolute atomic E-state index is 0.0813. The van der Waals surface area contributed by atoms with Gasteiger partial charge in [-0.15, -0.1) is 0 Å². The number of aliphatic carboxylic acids is 1. The van der Waals surface area contributed by atoms with Crippen LogP contribution in [-0.2, 0) is 32.7 Å². The molecule has 66 heavy (non-hydrogen) atoms. The van der Waals surface area contributed by atoms with Gasteiger partial charge in [0.15, 0.2) is 6.04 Å². The zero-order valence-electron chi connectivity index (χ0n) is 40.4. The number of nitrogens with one attached hydrogen (secondary N) is 1. The standard InChI is InChI=1S/C54H86NO10P/c1-3-5-7-9-11-13-15-17-19-21-23-25-27-29-31-33-35-37-39-41-43-45-52(57)55-51(54(59)60)49-65-66(61,62)64-48-50(56)47-63-53(58)46-44-42-40-38-36-34-32-30-28-26-24-22-20-18-16-14-12-10-8-6-4-2/h5,7,11-14,17-20,23-26,29-32,35,37,50-51,56H,3-4,6,8-10,15-16,21-22,27-28,33-34,36,38-49H2,1-2H3,(H,55,57)(H,59,60)(H,61,62)/b7-5-,13-11-,14-12-,19-17-,20-18-,25-23-,26-24-,31-29-,32-30-,37-35-. The van der Waals surface area contributed by atoms with Gasteiger partial charge in [0.2, 0.25) is 5.91 Å². The molecule has 0 spiro atoms. The molecule has 4 N–H and O–H groups in total. The average molecular weight is 940 g/mol. The number of aliphatic hydroxyl groups is 1. The summed E-state index contributed by atoms with van der Waals surface area (Å²) < 4.78 is 26.9. The Morgan fingerprint density at radius 1 is 0.500 bits per heavy atom. The number of phosphoric acid groups is 1. The Labute approximate surface area is 398 Å². The highest BCUT2D eigenvalue weighted by atomic mass is 31.2. The maximum absolute atomic E-state index is 12.3. The fourth-order valence-electron chi connectivity index (χ4n) is 5.95. The molecule has 0 aliphatic carbocycles. The Morgan fingerprint density at radius 2 is 0.879 bits per heavy atom. The summed E-state index contributed by atoms with van der Waals surface area (Å²) in [5.41, 5.74) is 0. The topological polar surface area (TPSA) is 169 Å². The smallest absolute Gasteiger partial charge is 0.472 e. The molecular formula is C54H86NO10P. The van der Waals surface area contributed by atoms with Crippen molar-refractivity contribution in [3.63, 3.8) is 0 Å². The molecule has 0 bridgehead atoms. The van der Waals surface area contributed by atoms with Crippen molar-refractivity contribution in [2.75, 3.05) is 19.8 Å². The number of carboxylic acid groups (broad SMARTS) is 1. The van der Waals surface area contributed by atoms with Gasteiger partial charge in [-0.3, -0.25) is 18.6 Å². The predicted octanol–water partition coefficient (Wildman–Crippen LogP) is 13.6. The molecule has 0 saturated carbocycles. The third kappa shape index (κ3) is 46.4. The number of hydrogen-bond acceptors (Lipinski definition) is 8. The third-order valence-electron chi connectivity index (χ3n) is 9.73. The predicted molar refractivity (Wildman–Crippen MR) is 272 cm³/mol. The number of unbranched alkanes of at least 4 members (excludes halogenated alkanes) is 10. The highest BCUT2D eigenvalue weighted by Crippen LogP contribution is 2.43. The average Bonchev–Trinajstić information content (AvgIpc) is 3.29. The van der Waals surface area contributed by atoms with Gasteiger partial charge in [0.25, 0.3) is 0 Å². The van der Waals surface area contributed by atoms with Crippen molar-refractivity contribution in [2.24, 2.45) is 0 Å². The summed E-state index contributed by atoms with van der Waals surface area (Å²) >= 11 is 0. The molecule has 0 aliphatic heterocycles. The molecule has 0 aliphatic rings. The highest BCUT2D eigenvalue weighted by Gasteiger charge is 2.28. The Hall–Kier alpha value is -4.12. The number of carboxylic acids is 1. The number of rotatable bonds is 44. The first-order valence-electron chi connectivity index (χ1n) is 24.6. The fourth-order valence-corrected chi connectivity index (χ4v) is 6.72. The van der Waals surface area contributed by atoms with Gasteiger partial charge >= 0.3 is 19.8 Å². The lowest BCUT2D eigenvalue weighted by Crippen LogP contribution is -2.43. The van der Waals surface area contributed by atoms with Gasteiger partial charge in [-0.2, -0.15) is 0 Å². The van der Waals surface area contributed by atoms with E-state index in [1.807, 2.05) is 6.08 Å². The molecule has 0 saturated heterocycles. The summed E-state index contributed by atoms with van der Waals surface area (Å²) in [4.78, 5) is 46.1. The minimum Gasteiger partial charge on any atom is -0.480 e. The number of carbonyl (C=O) groups excluding carboxylic acids is 2. The van der Waals surface area contributed by atoms with Crippen LogP contribution in [0.25, 0.3) is 0 Å². The van der Waals surface area contributed by atoms with Gasteiger partial charge in [-0.05, 0) is 109 Å². The molecule has 0 aromatic heterocycles. The second-order valence-electron chi connectivity index (χ2n) is 15.9. The number of carbonyl (C=O) groups is 3. The van der Waals surface area contributed by atoms with Crippen molar-refractivity contribution in [1.29, 1.82) is 0 Å². The zero-order chi connectivity index (χ0) is 48.4. The van der Waals surface area contributed by atoms with E-state index in [0.29, 0.717) is 12.8 Å². The van der Waals surface area contributed by atoms with Gasteiger partial charge in [0.05, 0.1) is 13.2 Å². The third-order valence-corrected chi connectivity index (χ3v) is 10.7. The van der Waals surface area contributed by atoms with E-state index >= 15 is 0 Å². The molecule has 0 rings (SSSR count). The Morgan fingerprint density at radius 3 is 1.33 bits per heavy atom. The summed E-state index contributed by atoms with van der Waals surface area (Å²) in [5, 5.41) is 21.9. The maximum atomic E-state index is 12.3. The van der Waals surface area contributed by atoms with Crippen molar-refractivity contribution >= 4 is 25.7 Å². The highest BCUT2D eigenvalue weighted by molar-refractivity contribution is 7.47. The molecule has 0 heterocycles. The van der Waals surface area contributed by atoms with Crippen LogP contribution in [-0.4, -0.2) is 64.9 Å². The lowest BCUT2D eigenvalue weighted by atomic mass is 10.1. The normalized spacial score (nSPS) is 14.6. The van der Waals surface area contributed by atoms with Crippen LogP contribution in [0.2, 0.25) is 0 Å². The van der Waals surface area contributed by atoms with E-state index < -0.39 is 57.6 Å². The van der Waals surface area contributed by atoms with Crippen molar-refractivity contribution in [3.8, 4) is 0 Å². The van der Waals surface area contributed by atoms with Crippen LogP contribution in [0.4, 0.5) is 0 Å². The fraction of sp³-hybridized carbons (Fsp3) is 0.574. The Balaban J connectivity index is 3.99. The summed E-state index contributed by atoms with van der Waals surface area (Å²) in [6.07, 6.45) is 63.6. The molecule has 3 atom stereocenters. The summed E-state index contributed by atoms with van der Waals surface area (Å²) in [7, 11) is -4.79. The van der Waals surface area contributed by atoms with Crippen LogP contribution in [0.5, 0.6) is 0 Å². The number of hydrogen-bond donors (Lipinski definition) is 4. The molecule has 0 radical (unpaired) electrons. The van der Waals surface area contributed by atoms with E-state index in [2.05, 4.69) is 135 Å². The number of ether oxygens (including phenoxy) is 1. The molecule has 3 unspecified atom stereocenters. The first-order chi connectivity index (χ1) is 32.1. The number of amides is 1. The van der Waals surface area contributed by atoms with Crippen LogP contribution in [0.1, 0.15) is 168 Å². The molecule has 0 aromatic carbocycles. The van der Waals surface area contributed by atoms with Crippen LogP contribution in [0, 0.1) is 0 Å². The van der Waals surface area contributed by atoms with Crippen molar-refractivity contribution < 1.29 is 47.8 Å². The van der Waals surface area contributed by atoms with Crippen LogP contribution in [0.15, 0.2) is 122 Å². The van der Waals surface area contributed by atoms with Crippen LogP contribution in [0.3, 0.4) is 0 Å². The van der Waals surface area contributed by atoms with E-state index in [4.69, 9.17) is 13.8 Å². The largest absolute Gasteiger partial charge is 0.480 e. The first-order valence-corrected chi connectivity index (χ1v) is 26.1. The quantitative estimate of drug-likeness (QED) is 0.0200. The van der Waals surface area contributed by atoms with E-state index in [-0.39, 0.29) is 12.8 Å². The van der Waals surface area contributed by atoms with Gasteiger partial charge in [-0.25, -0.2) is 9.36 Å². The number of esters is 1. The molecule has 1 amide bonds. The van der Waals surface area contributed by atoms with Gasteiger partial charge < -0.3 is 25.2 Å². The lowest BCUT2D eigenvalue weighted by Gasteiger charge is -2.18. The lowest BCUT2D eigenvalue weighted by molar-refractivity contribution is -0.147. The SMILES string of the molecule is CC/C=C\C/C=C\C/C=C\C/C=C\C/C=C\C/C=C\CCCCC(=O)NC(COP(=O)(O)OCC(O)COC(=O)CCCCCCC/C=C\C/C=C\C/C=C\C/C=C\CCCCC)C(=O)O. The summed E-state index contributed by atoms with van der Waals surface area (Å²) in [6.45, 7) is 2.39. The van der Waals surface area contributed by atoms with Gasteiger partial charge in [-0.1, -0.05) is 167 Å².